The molecule has 1 saturated heterocycles. The Morgan fingerprint density at radius 1 is 1.04 bits per heavy atom. The van der Waals surface area contributed by atoms with Crippen molar-refractivity contribution in [2.45, 2.75) is 25.4 Å². The highest BCUT2D eigenvalue weighted by Crippen LogP contribution is 2.20. The molecule has 2 aliphatic rings. The number of aromatic nitrogens is 3. The number of fused-ring (bicyclic) bond motifs is 1. The van der Waals surface area contributed by atoms with Crippen LogP contribution in [0.2, 0.25) is 0 Å². The van der Waals surface area contributed by atoms with E-state index in [9.17, 15) is 4.79 Å². The lowest BCUT2D eigenvalue weighted by Crippen LogP contribution is -2.52. The highest BCUT2D eigenvalue weighted by atomic mass is 16.2. The van der Waals surface area contributed by atoms with E-state index in [1.807, 2.05) is 23.1 Å². The second-order valence-corrected chi connectivity index (χ2v) is 7.69. The maximum atomic E-state index is 12.9. The summed E-state index contributed by atoms with van der Waals surface area (Å²) in [5.41, 5.74) is 1.07. The summed E-state index contributed by atoms with van der Waals surface area (Å²) in [4.78, 5) is 19.6. The number of piperazine rings is 1. The van der Waals surface area contributed by atoms with Crippen LogP contribution in [-0.4, -0.2) is 88.2 Å². The number of nitrogens with zero attached hydrogens (tertiary/aromatic N) is 6. The van der Waals surface area contributed by atoms with Gasteiger partial charge in [0.15, 0.2) is 5.82 Å². The summed E-state index contributed by atoms with van der Waals surface area (Å²) >= 11 is 0. The summed E-state index contributed by atoms with van der Waals surface area (Å²) in [7, 11) is 4.26. The second kappa shape index (κ2) is 7.78. The van der Waals surface area contributed by atoms with Crippen LogP contribution < -0.4 is 0 Å². The van der Waals surface area contributed by atoms with Gasteiger partial charge in [0.2, 0.25) is 5.91 Å². The van der Waals surface area contributed by atoms with Gasteiger partial charge >= 0.3 is 0 Å². The summed E-state index contributed by atoms with van der Waals surface area (Å²) in [5.74, 6) is 2.12. The number of hydrogen-bond acceptors (Lipinski definition) is 5. The molecule has 0 radical (unpaired) electrons. The lowest BCUT2D eigenvalue weighted by molar-refractivity contribution is -0.133. The van der Waals surface area contributed by atoms with Gasteiger partial charge in [-0.05, 0) is 14.1 Å². The van der Waals surface area contributed by atoms with E-state index in [2.05, 4.69) is 50.8 Å². The van der Waals surface area contributed by atoms with Gasteiger partial charge in [-0.15, -0.1) is 10.2 Å². The highest BCUT2D eigenvalue weighted by molar-refractivity contribution is 5.77. The number of carbonyl (C=O) groups is 1. The van der Waals surface area contributed by atoms with Crippen molar-refractivity contribution in [3.63, 3.8) is 0 Å². The van der Waals surface area contributed by atoms with E-state index >= 15 is 0 Å². The van der Waals surface area contributed by atoms with Crippen LogP contribution in [0.4, 0.5) is 0 Å². The molecule has 0 aliphatic carbocycles. The Morgan fingerprint density at radius 3 is 2.67 bits per heavy atom. The van der Waals surface area contributed by atoms with E-state index in [0.717, 1.165) is 62.9 Å². The van der Waals surface area contributed by atoms with E-state index < -0.39 is 0 Å². The van der Waals surface area contributed by atoms with Crippen molar-refractivity contribution < 1.29 is 4.79 Å². The van der Waals surface area contributed by atoms with Crippen molar-refractivity contribution in [2.24, 2.45) is 0 Å². The summed E-state index contributed by atoms with van der Waals surface area (Å²) in [6.45, 7) is 5.24. The lowest BCUT2D eigenvalue weighted by atomic mass is 10.1. The Morgan fingerprint density at radius 2 is 1.85 bits per heavy atom. The van der Waals surface area contributed by atoms with Crippen molar-refractivity contribution in [2.75, 3.05) is 46.8 Å². The SMILES string of the molecule is CN1CCN(C)[C@H](CC(=O)N2CCc3nnc(-c4ccccc4)n3CC2)C1. The predicted octanol–water partition coefficient (Wildman–Crippen LogP) is 0.966. The number of carbonyl (C=O) groups excluding carboxylic acids is 1. The molecule has 1 aromatic heterocycles. The summed E-state index contributed by atoms with van der Waals surface area (Å²) in [6.07, 6.45) is 1.35. The quantitative estimate of drug-likeness (QED) is 0.808. The Kier molecular flexibility index (Phi) is 5.22. The Hall–Kier alpha value is -2.25. The van der Waals surface area contributed by atoms with Crippen LogP contribution in [-0.2, 0) is 17.8 Å². The van der Waals surface area contributed by atoms with E-state index in [1.54, 1.807) is 0 Å². The molecule has 0 saturated carbocycles. The largest absolute Gasteiger partial charge is 0.340 e. The molecule has 1 amide bonds. The van der Waals surface area contributed by atoms with Crippen molar-refractivity contribution in [1.82, 2.24) is 29.5 Å². The maximum absolute atomic E-state index is 12.9. The molecule has 27 heavy (non-hydrogen) atoms. The van der Waals surface area contributed by atoms with Crippen molar-refractivity contribution in [3.05, 3.63) is 36.2 Å². The lowest BCUT2D eigenvalue weighted by Gasteiger charge is -2.38. The van der Waals surface area contributed by atoms with Gasteiger partial charge < -0.3 is 19.3 Å². The first-order valence-corrected chi connectivity index (χ1v) is 9.76. The van der Waals surface area contributed by atoms with Gasteiger partial charge in [-0.1, -0.05) is 30.3 Å². The monoisotopic (exact) mass is 368 g/mol. The third kappa shape index (κ3) is 3.89. The average Bonchev–Trinajstić information content (AvgIpc) is 2.96. The molecule has 144 valence electrons. The van der Waals surface area contributed by atoms with Gasteiger partial charge in [0.25, 0.3) is 0 Å². The molecule has 7 heteroatoms. The number of rotatable bonds is 3. The van der Waals surface area contributed by atoms with Gasteiger partial charge in [0.1, 0.15) is 5.82 Å². The molecular weight excluding hydrogens is 340 g/mol. The molecule has 1 aromatic carbocycles. The molecule has 0 spiro atoms. The molecule has 0 unspecified atom stereocenters. The molecule has 0 N–H and O–H groups in total. The summed E-state index contributed by atoms with van der Waals surface area (Å²) in [5, 5.41) is 8.77. The Bertz CT molecular complexity index is 789. The van der Waals surface area contributed by atoms with Gasteiger partial charge in [0, 0.05) is 63.7 Å². The molecule has 4 rings (SSSR count). The van der Waals surface area contributed by atoms with Gasteiger partial charge in [-0.25, -0.2) is 0 Å². The molecule has 1 fully saturated rings. The molecule has 2 aromatic rings. The van der Waals surface area contributed by atoms with Crippen LogP contribution in [0.5, 0.6) is 0 Å². The predicted molar refractivity (Wildman–Crippen MR) is 104 cm³/mol. The normalized spacial score (nSPS) is 21.7. The number of benzene rings is 1. The van der Waals surface area contributed by atoms with E-state index in [1.165, 1.54) is 0 Å². The van der Waals surface area contributed by atoms with E-state index in [-0.39, 0.29) is 5.91 Å². The average molecular weight is 368 g/mol. The molecule has 1 atom stereocenters. The maximum Gasteiger partial charge on any atom is 0.224 e. The van der Waals surface area contributed by atoms with Crippen molar-refractivity contribution >= 4 is 5.91 Å². The van der Waals surface area contributed by atoms with E-state index in [0.29, 0.717) is 12.5 Å². The molecule has 3 heterocycles. The second-order valence-electron chi connectivity index (χ2n) is 7.69. The molecule has 7 nitrogen and oxygen atoms in total. The fraction of sp³-hybridized carbons (Fsp3) is 0.550. The Labute approximate surface area is 160 Å². The standard InChI is InChI=1S/C20H28N6O/c1-23-10-11-24(2)17(15-23)14-19(27)25-9-8-18-21-22-20(26(18)13-12-25)16-6-4-3-5-7-16/h3-7,17H,8-15H2,1-2H3/t17-/m1/s1. The fourth-order valence-corrected chi connectivity index (χ4v) is 4.03. The van der Waals surface area contributed by atoms with Crippen LogP contribution in [0.25, 0.3) is 11.4 Å². The van der Waals surface area contributed by atoms with Gasteiger partial charge in [-0.3, -0.25) is 4.79 Å². The van der Waals surface area contributed by atoms with Crippen molar-refractivity contribution in [1.29, 1.82) is 0 Å². The van der Waals surface area contributed by atoms with Crippen LogP contribution in [0.1, 0.15) is 12.2 Å². The number of likely N-dealkylation sites (N-methyl/N-ethyl adjacent to an activating group) is 2. The molecule has 0 bridgehead atoms. The minimum Gasteiger partial charge on any atom is -0.340 e. The minimum atomic E-state index is 0.252. The summed E-state index contributed by atoms with van der Waals surface area (Å²) < 4.78 is 2.17. The number of hydrogen-bond donors (Lipinski definition) is 0. The first kappa shape index (κ1) is 18.1. The van der Waals surface area contributed by atoms with Crippen LogP contribution in [0, 0.1) is 0 Å². The van der Waals surface area contributed by atoms with Crippen molar-refractivity contribution in [3.8, 4) is 11.4 Å². The third-order valence-corrected chi connectivity index (χ3v) is 5.80. The first-order chi connectivity index (χ1) is 13.1. The zero-order chi connectivity index (χ0) is 18.8. The van der Waals surface area contributed by atoms with Crippen LogP contribution >= 0.6 is 0 Å². The fourth-order valence-electron chi connectivity index (χ4n) is 4.03. The summed E-state index contributed by atoms with van der Waals surface area (Å²) in [6, 6.07) is 10.4. The zero-order valence-electron chi connectivity index (χ0n) is 16.2. The van der Waals surface area contributed by atoms with Crippen LogP contribution in [0.15, 0.2) is 30.3 Å². The number of amides is 1. The smallest absolute Gasteiger partial charge is 0.224 e. The molecule has 2 aliphatic heterocycles. The zero-order valence-corrected chi connectivity index (χ0v) is 16.2. The minimum absolute atomic E-state index is 0.252. The highest BCUT2D eigenvalue weighted by Gasteiger charge is 2.28. The Balaban J connectivity index is 1.43. The van der Waals surface area contributed by atoms with E-state index in [4.69, 9.17) is 0 Å². The van der Waals surface area contributed by atoms with Crippen LogP contribution in [0.3, 0.4) is 0 Å². The van der Waals surface area contributed by atoms with Gasteiger partial charge in [-0.2, -0.15) is 0 Å². The first-order valence-electron chi connectivity index (χ1n) is 9.76. The third-order valence-electron chi connectivity index (χ3n) is 5.80. The topological polar surface area (TPSA) is 57.5 Å². The van der Waals surface area contributed by atoms with Gasteiger partial charge in [0.05, 0.1) is 0 Å². The molecular formula is C20H28N6O.